The van der Waals surface area contributed by atoms with Crippen molar-refractivity contribution in [1.29, 1.82) is 0 Å². The molecule has 11 heteroatoms. The van der Waals surface area contributed by atoms with Crippen LogP contribution in [0.3, 0.4) is 0 Å². The number of aliphatic hydroxyl groups excluding tert-OH is 1. The minimum absolute atomic E-state index is 0.00748. The van der Waals surface area contributed by atoms with Crippen molar-refractivity contribution < 1.29 is 27.4 Å². The van der Waals surface area contributed by atoms with Crippen LogP contribution in [0.25, 0.3) is 0 Å². The lowest BCUT2D eigenvalue weighted by molar-refractivity contribution is -0.173. The molecule has 0 bridgehead atoms. The maximum absolute atomic E-state index is 14.0. The van der Waals surface area contributed by atoms with E-state index in [4.69, 9.17) is 15.2 Å². The monoisotopic (exact) mass is 528 g/mol. The molecule has 2 aliphatic heterocycles. The Kier molecular flexibility index (Phi) is 10.5. The van der Waals surface area contributed by atoms with Gasteiger partial charge in [0, 0.05) is 50.5 Å². The van der Waals surface area contributed by atoms with E-state index in [1.165, 1.54) is 7.11 Å². The quantitative estimate of drug-likeness (QED) is 0.344. The highest BCUT2D eigenvalue weighted by atomic mass is 32.2. The molecule has 2 saturated heterocycles. The highest BCUT2D eigenvalue weighted by molar-refractivity contribution is 7.89. The average Bonchev–Trinajstić information content (AvgIpc) is 2.84. The van der Waals surface area contributed by atoms with Crippen LogP contribution in [-0.2, 0) is 19.5 Å². The number of sulfonamides is 1. The Morgan fingerprint density at radius 2 is 2.11 bits per heavy atom. The van der Waals surface area contributed by atoms with Crippen LogP contribution in [-0.4, -0.2) is 76.0 Å². The molecule has 2 aliphatic rings. The summed E-state index contributed by atoms with van der Waals surface area (Å²) in [5.74, 6) is 0.155. The second-order valence-corrected chi connectivity index (χ2v) is 11.7. The Morgan fingerprint density at radius 3 is 2.72 bits per heavy atom. The third-order valence-corrected chi connectivity index (χ3v) is 8.48. The number of halogens is 1. The van der Waals surface area contributed by atoms with Crippen LogP contribution in [0, 0.1) is 0 Å². The van der Waals surface area contributed by atoms with Crippen molar-refractivity contribution in [2.45, 2.75) is 75.7 Å². The number of benzene rings is 1. The fraction of sp³-hybridized carbons (Fsp3) is 0.680. The minimum atomic E-state index is -3.24. The summed E-state index contributed by atoms with van der Waals surface area (Å²) >= 11 is 0. The third-order valence-electron chi connectivity index (χ3n) is 7.01. The van der Waals surface area contributed by atoms with Crippen LogP contribution in [0.15, 0.2) is 36.2 Å². The number of nitrogens with two attached hydrogens (primary N) is 1. The van der Waals surface area contributed by atoms with Crippen molar-refractivity contribution in [3.8, 4) is 0 Å². The van der Waals surface area contributed by atoms with Gasteiger partial charge < -0.3 is 30.5 Å². The molecule has 2 fully saturated rings. The van der Waals surface area contributed by atoms with Gasteiger partial charge >= 0.3 is 0 Å². The zero-order valence-electron chi connectivity index (χ0n) is 21.4. The maximum atomic E-state index is 14.0. The first-order chi connectivity index (χ1) is 17.1. The third kappa shape index (κ3) is 8.12. The van der Waals surface area contributed by atoms with E-state index in [9.17, 15) is 17.9 Å². The first kappa shape index (κ1) is 28.8. The molecule has 2 heterocycles. The Labute approximate surface area is 214 Å². The summed E-state index contributed by atoms with van der Waals surface area (Å²) in [5.41, 5.74) is 8.45. The number of hydrogen-bond donors (Lipinski definition) is 4. The van der Waals surface area contributed by atoms with Gasteiger partial charge in [-0.1, -0.05) is 24.3 Å². The number of nitrogens with one attached hydrogen (secondary N) is 2. The Balaban J connectivity index is 1.55. The number of ether oxygens (including phenoxy) is 2. The second-order valence-electron chi connectivity index (χ2n) is 9.86. The summed E-state index contributed by atoms with van der Waals surface area (Å²) in [7, 11) is 0.296. The summed E-state index contributed by atoms with van der Waals surface area (Å²) in [6.07, 6.45) is 3.72. The van der Waals surface area contributed by atoms with Crippen molar-refractivity contribution in [3.63, 3.8) is 0 Å². The molecule has 0 aliphatic carbocycles. The zero-order chi connectivity index (χ0) is 26.3. The van der Waals surface area contributed by atoms with Gasteiger partial charge in [-0.25, -0.2) is 17.5 Å². The van der Waals surface area contributed by atoms with Gasteiger partial charge in [0.05, 0.1) is 17.9 Å². The van der Waals surface area contributed by atoms with Crippen molar-refractivity contribution in [2.75, 3.05) is 33.1 Å². The smallest absolute Gasteiger partial charge is 0.212 e. The van der Waals surface area contributed by atoms with E-state index in [2.05, 4.69) is 14.9 Å². The first-order valence-electron chi connectivity index (χ1n) is 12.5. The van der Waals surface area contributed by atoms with E-state index in [0.29, 0.717) is 31.5 Å². The van der Waals surface area contributed by atoms with Crippen LogP contribution in [0.5, 0.6) is 0 Å². The van der Waals surface area contributed by atoms with E-state index in [1.54, 1.807) is 6.20 Å². The van der Waals surface area contributed by atoms with E-state index < -0.39 is 35.1 Å². The average molecular weight is 529 g/mol. The molecule has 0 radical (unpaired) electrons. The van der Waals surface area contributed by atoms with Gasteiger partial charge in [-0.2, -0.15) is 0 Å². The van der Waals surface area contributed by atoms with Crippen LogP contribution in [0.4, 0.5) is 4.39 Å². The second kappa shape index (κ2) is 13.2. The van der Waals surface area contributed by atoms with Gasteiger partial charge in [0.1, 0.15) is 12.8 Å². The van der Waals surface area contributed by atoms with E-state index in [1.807, 2.05) is 38.2 Å². The van der Waals surface area contributed by atoms with Crippen molar-refractivity contribution in [3.05, 3.63) is 47.3 Å². The molecule has 5 N–H and O–H groups in total. The lowest BCUT2D eigenvalue weighted by Crippen LogP contribution is -2.43. The topological polar surface area (TPSA) is 126 Å². The number of aliphatic hydroxyl groups is 1. The Hall–Kier alpha value is -1.76. The lowest BCUT2D eigenvalue weighted by atomic mass is 9.97. The lowest BCUT2D eigenvalue weighted by Gasteiger charge is -2.36. The summed E-state index contributed by atoms with van der Waals surface area (Å²) in [6.45, 7) is 1.99. The van der Waals surface area contributed by atoms with E-state index in [-0.39, 0.29) is 23.9 Å². The molecule has 36 heavy (non-hydrogen) atoms. The Bertz CT molecular complexity index is 952. The predicted molar refractivity (Wildman–Crippen MR) is 137 cm³/mol. The number of nitrogens with zero attached hydrogens (tertiary/aromatic N) is 1. The van der Waals surface area contributed by atoms with Gasteiger partial charge in [-0.3, -0.25) is 0 Å². The molecule has 1 aromatic carbocycles. The van der Waals surface area contributed by atoms with Gasteiger partial charge in [-0.15, -0.1) is 0 Å². The van der Waals surface area contributed by atoms with Gasteiger partial charge in [-0.05, 0) is 44.4 Å². The molecule has 0 saturated carbocycles. The predicted octanol–water partition coefficient (Wildman–Crippen LogP) is 2.06. The van der Waals surface area contributed by atoms with Crippen molar-refractivity contribution in [1.82, 2.24) is 14.9 Å². The van der Waals surface area contributed by atoms with Crippen molar-refractivity contribution in [2.24, 2.45) is 5.73 Å². The highest BCUT2D eigenvalue weighted by Crippen LogP contribution is 2.28. The molecule has 0 amide bonds. The molecular formula is C25H41FN4O5S. The molecule has 0 aromatic heterocycles. The van der Waals surface area contributed by atoms with E-state index >= 15 is 0 Å². The van der Waals surface area contributed by atoms with Gasteiger partial charge in [0.2, 0.25) is 10.0 Å². The molecule has 2 unspecified atom stereocenters. The van der Waals surface area contributed by atoms with Crippen LogP contribution in [0.2, 0.25) is 0 Å². The highest BCUT2D eigenvalue weighted by Gasteiger charge is 2.29. The standard InChI is InChI=1S/C25H41FN4O5S/c1-17-13-21(14-24(31)35-17)30(2)11-10-20(27)16-28-23(15-26)25(34-3)19-8-6-18(7-9-19)22-5-4-12-36(32,33)29-22/h6-9,16-17,21-25,28-29,31H,4-5,10-15,27H2,1-3H3/b20-16-/t17-,21+,22?,23-,24-,25?/m1/s1. The minimum Gasteiger partial charge on any atom is -0.401 e. The zero-order valence-corrected chi connectivity index (χ0v) is 22.2. The van der Waals surface area contributed by atoms with E-state index in [0.717, 1.165) is 24.0 Å². The summed E-state index contributed by atoms with van der Waals surface area (Å²) in [4.78, 5) is 2.17. The fourth-order valence-electron chi connectivity index (χ4n) is 4.94. The fourth-order valence-corrected chi connectivity index (χ4v) is 6.29. The molecule has 204 valence electrons. The molecule has 0 spiro atoms. The largest absolute Gasteiger partial charge is 0.401 e. The first-order valence-corrected chi connectivity index (χ1v) is 14.2. The summed E-state index contributed by atoms with van der Waals surface area (Å²) < 4.78 is 51.5. The molecule has 3 rings (SSSR count). The summed E-state index contributed by atoms with van der Waals surface area (Å²) in [5, 5.41) is 12.9. The number of hydrogen-bond acceptors (Lipinski definition) is 8. The Morgan fingerprint density at radius 1 is 1.39 bits per heavy atom. The van der Waals surface area contributed by atoms with Gasteiger partial charge in [0.25, 0.3) is 0 Å². The summed E-state index contributed by atoms with van der Waals surface area (Å²) in [6, 6.07) is 6.75. The van der Waals surface area contributed by atoms with Crippen LogP contribution >= 0.6 is 0 Å². The van der Waals surface area contributed by atoms with Crippen LogP contribution in [0.1, 0.15) is 62.3 Å². The van der Waals surface area contributed by atoms with Crippen LogP contribution < -0.4 is 15.8 Å². The SMILES string of the molecule is COC(c1ccc(C2CCCS(=O)(=O)N2)cc1)[C@@H](CF)N/C=C(\N)CCN(C)[C@H]1C[C@@H](C)O[C@@H](O)C1. The number of methoxy groups -OCH3 is 1. The molecule has 1 aromatic rings. The molecule has 9 nitrogen and oxygen atoms in total. The maximum Gasteiger partial charge on any atom is 0.212 e. The molecular weight excluding hydrogens is 487 g/mol. The number of rotatable bonds is 11. The molecule has 6 atom stereocenters. The van der Waals surface area contributed by atoms with Crippen molar-refractivity contribution >= 4 is 10.0 Å². The van der Waals surface area contributed by atoms with Gasteiger partial charge in [0.15, 0.2) is 6.29 Å². The number of alkyl halides is 1. The normalized spacial score (nSPS) is 28.6.